The summed E-state index contributed by atoms with van der Waals surface area (Å²) < 4.78 is 12.8. The second-order valence-corrected chi connectivity index (χ2v) is 6.39. The number of benzene rings is 2. The molecule has 0 saturated heterocycles. The molecule has 0 aliphatic carbocycles. The minimum Gasteiger partial charge on any atom is -0.374 e. The van der Waals surface area contributed by atoms with E-state index in [9.17, 15) is 9.59 Å². The zero-order chi connectivity index (χ0) is 21.2. The number of hydrogen-bond donors (Lipinski definition) is 2. The molecule has 2 aromatic carbocycles. The Morgan fingerprint density at radius 2 is 1.60 bits per heavy atom. The third-order valence-electron chi connectivity index (χ3n) is 4.26. The van der Waals surface area contributed by atoms with Gasteiger partial charge in [-0.05, 0) is 17.7 Å². The van der Waals surface area contributed by atoms with Gasteiger partial charge >= 0.3 is 0 Å². The van der Waals surface area contributed by atoms with E-state index in [0.717, 1.165) is 5.56 Å². The molecule has 0 aliphatic heterocycles. The van der Waals surface area contributed by atoms with Crippen LogP contribution in [0.3, 0.4) is 0 Å². The highest BCUT2D eigenvalue weighted by atomic mass is 16.5. The van der Waals surface area contributed by atoms with Crippen LogP contribution < -0.4 is 10.6 Å². The highest BCUT2D eigenvalue weighted by Crippen LogP contribution is 2.16. The number of hydrogen-bond acceptors (Lipinski definition) is 5. The summed E-state index contributed by atoms with van der Waals surface area (Å²) in [7, 11) is 1.50. The van der Waals surface area contributed by atoms with Gasteiger partial charge in [-0.2, -0.15) is 0 Å². The van der Waals surface area contributed by atoms with Gasteiger partial charge in [-0.15, -0.1) is 0 Å². The predicted molar refractivity (Wildman–Crippen MR) is 112 cm³/mol. The fourth-order valence-corrected chi connectivity index (χ4v) is 2.71. The maximum atomic E-state index is 12.5. The maximum Gasteiger partial charge on any atom is 0.273 e. The highest BCUT2D eigenvalue weighted by Gasteiger charge is 2.19. The van der Waals surface area contributed by atoms with Crippen LogP contribution in [0, 0.1) is 0 Å². The topological polar surface area (TPSA) is 94.5 Å². The lowest BCUT2D eigenvalue weighted by atomic mass is 10.2. The van der Waals surface area contributed by atoms with E-state index in [1.165, 1.54) is 13.4 Å². The summed E-state index contributed by atoms with van der Waals surface area (Å²) in [5, 5.41) is 5.27. The molecule has 0 aliphatic rings. The molecule has 30 heavy (non-hydrogen) atoms. The van der Waals surface area contributed by atoms with Crippen LogP contribution in [0.4, 0.5) is 5.82 Å². The van der Waals surface area contributed by atoms with E-state index in [1.807, 2.05) is 36.4 Å². The molecule has 0 bridgehead atoms. The Morgan fingerprint density at radius 3 is 2.30 bits per heavy atom. The van der Waals surface area contributed by atoms with Crippen molar-refractivity contribution >= 4 is 17.6 Å². The molecule has 0 atom stereocenters. The van der Waals surface area contributed by atoms with Crippen LogP contribution in [-0.2, 0) is 22.8 Å². The van der Waals surface area contributed by atoms with E-state index in [0.29, 0.717) is 25.4 Å². The summed E-state index contributed by atoms with van der Waals surface area (Å²) in [6.45, 7) is 1.39. The Balaban J connectivity index is 1.56. The fraction of sp³-hybridized carbons (Fsp3) is 0.227. The standard InChI is InChI=1S/C22H24N4O4/c1-23-22(28)19-20(25-21(27)18-10-6-3-7-11-18)26(15-24-19)16-30-13-12-29-14-17-8-4-2-5-9-17/h2-11,15H,12-14,16H2,1H3,(H,23,28)(H,25,27). The number of aromatic nitrogens is 2. The second-order valence-electron chi connectivity index (χ2n) is 6.39. The van der Waals surface area contributed by atoms with Crippen LogP contribution in [0.5, 0.6) is 0 Å². The third-order valence-corrected chi connectivity index (χ3v) is 4.26. The first-order chi connectivity index (χ1) is 14.7. The van der Waals surface area contributed by atoms with Crippen molar-refractivity contribution in [3.63, 3.8) is 0 Å². The van der Waals surface area contributed by atoms with E-state index in [4.69, 9.17) is 9.47 Å². The molecule has 3 rings (SSSR count). The molecule has 156 valence electrons. The number of amides is 2. The first-order valence-electron chi connectivity index (χ1n) is 9.52. The average Bonchev–Trinajstić information content (AvgIpc) is 3.19. The number of rotatable bonds is 10. The first kappa shape index (κ1) is 21.2. The van der Waals surface area contributed by atoms with Crippen molar-refractivity contribution in [1.29, 1.82) is 0 Å². The number of carbonyl (C=O) groups is 2. The van der Waals surface area contributed by atoms with Crippen molar-refractivity contribution in [2.75, 3.05) is 25.6 Å². The van der Waals surface area contributed by atoms with Gasteiger partial charge in [0, 0.05) is 12.6 Å². The van der Waals surface area contributed by atoms with Gasteiger partial charge in [0.25, 0.3) is 11.8 Å². The summed E-state index contributed by atoms with van der Waals surface area (Å²) in [6, 6.07) is 18.6. The number of nitrogens with zero attached hydrogens (tertiary/aromatic N) is 2. The molecular weight excluding hydrogens is 384 g/mol. The van der Waals surface area contributed by atoms with Gasteiger partial charge < -0.3 is 20.1 Å². The van der Waals surface area contributed by atoms with Crippen molar-refractivity contribution in [1.82, 2.24) is 14.9 Å². The van der Waals surface area contributed by atoms with Crippen molar-refractivity contribution in [2.24, 2.45) is 0 Å². The molecule has 3 aromatic rings. The molecule has 0 radical (unpaired) electrons. The molecule has 2 amide bonds. The Morgan fingerprint density at radius 1 is 0.933 bits per heavy atom. The van der Waals surface area contributed by atoms with Crippen LogP contribution >= 0.6 is 0 Å². The van der Waals surface area contributed by atoms with Crippen molar-refractivity contribution < 1.29 is 19.1 Å². The summed E-state index contributed by atoms with van der Waals surface area (Å²) >= 11 is 0. The smallest absolute Gasteiger partial charge is 0.273 e. The number of carbonyl (C=O) groups excluding carboxylic acids is 2. The number of ether oxygens (including phenoxy) is 2. The molecule has 1 aromatic heterocycles. The fourth-order valence-electron chi connectivity index (χ4n) is 2.71. The Hall–Kier alpha value is -3.49. The lowest BCUT2D eigenvalue weighted by molar-refractivity contribution is 0.0142. The van der Waals surface area contributed by atoms with Crippen LogP contribution in [0.2, 0.25) is 0 Å². The first-order valence-corrected chi connectivity index (χ1v) is 9.52. The molecule has 0 fully saturated rings. The normalized spacial score (nSPS) is 10.6. The van der Waals surface area contributed by atoms with E-state index < -0.39 is 5.91 Å². The number of imidazole rings is 1. The number of nitrogens with one attached hydrogen (secondary N) is 2. The summed E-state index contributed by atoms with van der Waals surface area (Å²) in [5.74, 6) is -0.467. The van der Waals surface area contributed by atoms with Gasteiger partial charge in [0.05, 0.1) is 26.1 Å². The van der Waals surface area contributed by atoms with Gasteiger partial charge in [-0.3, -0.25) is 14.2 Å². The SMILES string of the molecule is CNC(=O)c1ncn(COCCOCc2ccccc2)c1NC(=O)c1ccccc1. The van der Waals surface area contributed by atoms with Crippen LogP contribution in [-0.4, -0.2) is 41.6 Å². The van der Waals surface area contributed by atoms with E-state index in [1.54, 1.807) is 28.8 Å². The zero-order valence-electron chi connectivity index (χ0n) is 16.7. The molecule has 0 spiro atoms. The molecule has 8 heteroatoms. The van der Waals surface area contributed by atoms with Crippen molar-refractivity contribution in [2.45, 2.75) is 13.3 Å². The largest absolute Gasteiger partial charge is 0.374 e. The second kappa shape index (κ2) is 10.9. The maximum absolute atomic E-state index is 12.5. The lowest BCUT2D eigenvalue weighted by Gasteiger charge is -2.12. The van der Waals surface area contributed by atoms with E-state index >= 15 is 0 Å². The van der Waals surface area contributed by atoms with Crippen molar-refractivity contribution in [3.05, 3.63) is 83.8 Å². The monoisotopic (exact) mass is 408 g/mol. The lowest BCUT2D eigenvalue weighted by Crippen LogP contribution is -2.23. The third kappa shape index (κ3) is 5.76. The minimum absolute atomic E-state index is 0.114. The Kier molecular flexibility index (Phi) is 7.71. The van der Waals surface area contributed by atoms with E-state index in [-0.39, 0.29) is 24.1 Å². The number of anilines is 1. The molecule has 8 nitrogen and oxygen atoms in total. The minimum atomic E-state index is -0.400. The molecule has 1 heterocycles. The summed E-state index contributed by atoms with van der Waals surface area (Å²) in [5.41, 5.74) is 1.68. The van der Waals surface area contributed by atoms with Crippen molar-refractivity contribution in [3.8, 4) is 0 Å². The molecule has 0 unspecified atom stereocenters. The Bertz CT molecular complexity index is 958. The van der Waals surface area contributed by atoms with Gasteiger partial charge in [0.15, 0.2) is 5.69 Å². The summed E-state index contributed by atoms with van der Waals surface area (Å²) in [4.78, 5) is 28.8. The van der Waals surface area contributed by atoms with Crippen LogP contribution in [0.1, 0.15) is 26.4 Å². The molecular formula is C22H24N4O4. The predicted octanol–water partition coefficient (Wildman–Crippen LogP) is 2.69. The van der Waals surface area contributed by atoms with Gasteiger partial charge in [0.2, 0.25) is 0 Å². The average molecular weight is 408 g/mol. The Labute approximate surface area is 174 Å². The van der Waals surface area contributed by atoms with Gasteiger partial charge in [-0.25, -0.2) is 4.98 Å². The van der Waals surface area contributed by atoms with Gasteiger partial charge in [0.1, 0.15) is 12.5 Å². The quantitative estimate of drug-likeness (QED) is 0.503. The summed E-state index contributed by atoms with van der Waals surface area (Å²) in [6.07, 6.45) is 1.45. The highest BCUT2D eigenvalue weighted by molar-refractivity contribution is 6.07. The van der Waals surface area contributed by atoms with E-state index in [2.05, 4.69) is 15.6 Å². The molecule has 2 N–H and O–H groups in total. The van der Waals surface area contributed by atoms with Gasteiger partial charge in [-0.1, -0.05) is 48.5 Å². The molecule has 0 saturated carbocycles. The zero-order valence-corrected chi connectivity index (χ0v) is 16.7. The van der Waals surface area contributed by atoms with Crippen LogP contribution in [0.25, 0.3) is 0 Å². The van der Waals surface area contributed by atoms with Crippen LogP contribution in [0.15, 0.2) is 67.0 Å².